The van der Waals surface area contributed by atoms with E-state index in [4.69, 9.17) is 5.10 Å². The number of para-hydroxylation sites is 1. The van der Waals surface area contributed by atoms with E-state index in [-0.39, 0.29) is 0 Å². The normalized spacial score (nSPS) is 17.0. The van der Waals surface area contributed by atoms with Crippen LogP contribution in [-0.2, 0) is 19.5 Å². The molecule has 4 rings (SSSR count). The molecule has 1 aliphatic heterocycles. The van der Waals surface area contributed by atoms with E-state index in [9.17, 15) is 0 Å². The summed E-state index contributed by atoms with van der Waals surface area (Å²) in [6.45, 7) is 5.94. The zero-order chi connectivity index (χ0) is 16.5. The minimum Gasteiger partial charge on any atom is -0.308 e. The van der Waals surface area contributed by atoms with Gasteiger partial charge in [-0.1, -0.05) is 18.2 Å². The Kier molecular flexibility index (Phi) is 3.90. The first kappa shape index (κ1) is 15.1. The number of fused-ring (bicyclic) bond motifs is 1. The Morgan fingerprint density at radius 3 is 2.88 bits per heavy atom. The van der Waals surface area contributed by atoms with Crippen LogP contribution < -0.4 is 5.32 Å². The number of rotatable bonds is 4. The molecular formula is C18H22N6. The highest BCUT2D eigenvalue weighted by Crippen LogP contribution is 2.19. The van der Waals surface area contributed by atoms with Crippen LogP contribution in [0.15, 0.2) is 36.7 Å². The zero-order valence-corrected chi connectivity index (χ0v) is 14.1. The molecule has 1 N–H and O–H groups in total. The van der Waals surface area contributed by atoms with Crippen LogP contribution >= 0.6 is 0 Å². The van der Waals surface area contributed by atoms with Crippen LogP contribution in [0.4, 0.5) is 0 Å². The molecule has 3 aromatic rings. The van der Waals surface area contributed by atoms with Crippen molar-refractivity contribution in [3.63, 3.8) is 0 Å². The van der Waals surface area contributed by atoms with Crippen LogP contribution in [0.3, 0.4) is 0 Å². The van der Waals surface area contributed by atoms with Gasteiger partial charge in [0, 0.05) is 30.3 Å². The van der Waals surface area contributed by atoms with E-state index in [2.05, 4.69) is 41.4 Å². The second-order valence-corrected chi connectivity index (χ2v) is 6.37. The first-order valence-corrected chi connectivity index (χ1v) is 8.43. The number of benzene rings is 1. The summed E-state index contributed by atoms with van der Waals surface area (Å²) in [7, 11) is 0. The fourth-order valence-corrected chi connectivity index (χ4v) is 3.40. The predicted octanol–water partition coefficient (Wildman–Crippen LogP) is 2.19. The molecule has 0 bridgehead atoms. The van der Waals surface area contributed by atoms with Crippen LogP contribution in [0.5, 0.6) is 0 Å². The Labute approximate surface area is 141 Å². The van der Waals surface area contributed by atoms with E-state index >= 15 is 0 Å². The van der Waals surface area contributed by atoms with Gasteiger partial charge in [0.15, 0.2) is 0 Å². The third-order valence-corrected chi connectivity index (χ3v) is 4.81. The van der Waals surface area contributed by atoms with Gasteiger partial charge in [0.2, 0.25) is 0 Å². The molecule has 0 amide bonds. The summed E-state index contributed by atoms with van der Waals surface area (Å²) in [5.74, 6) is 1.09. The smallest absolute Gasteiger partial charge is 0.138 e. The molecule has 0 saturated heterocycles. The monoisotopic (exact) mass is 322 g/mol. The maximum atomic E-state index is 4.72. The molecule has 0 aliphatic carbocycles. The van der Waals surface area contributed by atoms with Crippen molar-refractivity contribution in [2.75, 3.05) is 0 Å². The highest BCUT2D eigenvalue weighted by atomic mass is 15.3. The van der Waals surface area contributed by atoms with Gasteiger partial charge in [-0.2, -0.15) is 10.2 Å². The number of nitrogens with one attached hydrogen (secondary N) is 1. The van der Waals surface area contributed by atoms with Gasteiger partial charge in [-0.25, -0.2) is 14.3 Å². The van der Waals surface area contributed by atoms with Gasteiger partial charge < -0.3 is 5.32 Å². The van der Waals surface area contributed by atoms with Crippen molar-refractivity contribution in [3.05, 3.63) is 59.4 Å². The highest BCUT2D eigenvalue weighted by molar-refractivity contribution is 5.36. The first-order valence-electron chi connectivity index (χ1n) is 8.43. The molecule has 2 aromatic heterocycles. The van der Waals surface area contributed by atoms with Crippen molar-refractivity contribution in [1.82, 2.24) is 29.9 Å². The van der Waals surface area contributed by atoms with Gasteiger partial charge >= 0.3 is 0 Å². The number of aromatic nitrogens is 5. The maximum absolute atomic E-state index is 4.72. The fourth-order valence-electron chi connectivity index (χ4n) is 3.40. The highest BCUT2D eigenvalue weighted by Gasteiger charge is 2.20. The number of aryl methyl sites for hydroxylation is 2. The van der Waals surface area contributed by atoms with Crippen molar-refractivity contribution in [2.45, 2.75) is 45.8 Å². The Morgan fingerprint density at radius 1 is 1.21 bits per heavy atom. The quantitative estimate of drug-likeness (QED) is 0.800. The summed E-state index contributed by atoms with van der Waals surface area (Å²) in [5, 5.41) is 12.7. The summed E-state index contributed by atoms with van der Waals surface area (Å²) in [6, 6.07) is 10.7. The van der Waals surface area contributed by atoms with Gasteiger partial charge in [-0.3, -0.25) is 0 Å². The number of hydrogen-bond donors (Lipinski definition) is 1. The third-order valence-electron chi connectivity index (χ3n) is 4.81. The molecule has 0 unspecified atom stereocenters. The van der Waals surface area contributed by atoms with Crippen LogP contribution in [0.1, 0.15) is 29.2 Å². The molecule has 124 valence electrons. The average Bonchev–Trinajstić information content (AvgIpc) is 3.18. The van der Waals surface area contributed by atoms with Gasteiger partial charge in [0.25, 0.3) is 0 Å². The van der Waals surface area contributed by atoms with E-state index in [1.165, 1.54) is 11.3 Å². The molecule has 1 atom stereocenters. The first-order chi connectivity index (χ1) is 11.7. The number of nitrogens with zero attached hydrogens (tertiary/aromatic N) is 5. The minimum absolute atomic E-state index is 0.429. The van der Waals surface area contributed by atoms with Crippen molar-refractivity contribution in [2.24, 2.45) is 0 Å². The molecule has 0 spiro atoms. The fraction of sp³-hybridized carbons (Fsp3) is 0.389. The Balaban J connectivity index is 1.49. The Bertz CT molecular complexity index is 833. The molecule has 1 aliphatic rings. The molecule has 0 radical (unpaired) electrons. The molecule has 0 fully saturated rings. The van der Waals surface area contributed by atoms with Crippen molar-refractivity contribution in [3.8, 4) is 5.69 Å². The van der Waals surface area contributed by atoms with Crippen LogP contribution in [0.25, 0.3) is 5.69 Å². The second kappa shape index (κ2) is 6.20. The lowest BCUT2D eigenvalue weighted by Crippen LogP contribution is -2.37. The molecule has 0 saturated carbocycles. The minimum atomic E-state index is 0.429. The van der Waals surface area contributed by atoms with Gasteiger partial charge in [-0.15, -0.1) is 0 Å². The summed E-state index contributed by atoms with van der Waals surface area (Å²) < 4.78 is 4.04. The van der Waals surface area contributed by atoms with Crippen LogP contribution in [0.2, 0.25) is 0 Å². The van der Waals surface area contributed by atoms with E-state index < -0.39 is 0 Å². The van der Waals surface area contributed by atoms with Crippen molar-refractivity contribution < 1.29 is 0 Å². The average molecular weight is 322 g/mol. The summed E-state index contributed by atoms with van der Waals surface area (Å²) >= 11 is 0. The number of hydrogen-bond acceptors (Lipinski definition) is 4. The largest absolute Gasteiger partial charge is 0.308 e. The van der Waals surface area contributed by atoms with Crippen LogP contribution in [-0.4, -0.2) is 30.6 Å². The molecule has 6 nitrogen and oxygen atoms in total. The van der Waals surface area contributed by atoms with E-state index in [1.54, 1.807) is 6.33 Å². The summed E-state index contributed by atoms with van der Waals surface area (Å²) in [5.41, 5.74) is 4.67. The standard InChI is InChI=1S/C18H22N6/c1-13-17(14(2)24(22-13)16-6-4-3-5-7-16)10-19-15-8-9-18-20-12-21-23(18)11-15/h3-7,12,15,19H,8-11H2,1-2H3/t15-/m0/s1. The zero-order valence-electron chi connectivity index (χ0n) is 14.1. The Morgan fingerprint density at radius 2 is 2.04 bits per heavy atom. The molecule has 24 heavy (non-hydrogen) atoms. The van der Waals surface area contributed by atoms with Crippen molar-refractivity contribution in [1.29, 1.82) is 0 Å². The molecular weight excluding hydrogens is 300 g/mol. The second-order valence-electron chi connectivity index (χ2n) is 6.37. The van der Waals surface area contributed by atoms with Gasteiger partial charge in [0.05, 0.1) is 17.9 Å². The molecule has 3 heterocycles. The van der Waals surface area contributed by atoms with Crippen LogP contribution in [0, 0.1) is 13.8 Å². The maximum Gasteiger partial charge on any atom is 0.138 e. The Hall–Kier alpha value is -2.47. The van der Waals surface area contributed by atoms with E-state index in [0.717, 1.165) is 43.1 Å². The van der Waals surface area contributed by atoms with E-state index in [1.807, 2.05) is 27.6 Å². The lowest BCUT2D eigenvalue weighted by Gasteiger charge is -2.23. The summed E-state index contributed by atoms with van der Waals surface area (Å²) in [4.78, 5) is 4.29. The topological polar surface area (TPSA) is 60.6 Å². The molecule has 1 aromatic carbocycles. The lowest BCUT2D eigenvalue weighted by molar-refractivity contribution is 0.357. The lowest BCUT2D eigenvalue weighted by atomic mass is 10.1. The predicted molar refractivity (Wildman–Crippen MR) is 92.0 cm³/mol. The SMILES string of the molecule is Cc1nn(-c2ccccc2)c(C)c1CN[C@H]1CCc2ncnn2C1. The summed E-state index contributed by atoms with van der Waals surface area (Å²) in [6.07, 6.45) is 3.73. The van der Waals surface area contributed by atoms with Crippen molar-refractivity contribution >= 4 is 0 Å². The molecule has 6 heteroatoms. The van der Waals surface area contributed by atoms with Gasteiger partial charge in [-0.05, 0) is 32.4 Å². The third kappa shape index (κ3) is 2.73. The van der Waals surface area contributed by atoms with E-state index in [0.29, 0.717) is 6.04 Å². The van der Waals surface area contributed by atoms with Gasteiger partial charge in [0.1, 0.15) is 12.2 Å².